The van der Waals surface area contributed by atoms with Crippen LogP contribution in [0.4, 0.5) is 5.69 Å². The van der Waals surface area contributed by atoms with Crippen molar-refractivity contribution in [2.24, 2.45) is 0 Å². The van der Waals surface area contributed by atoms with E-state index in [0.29, 0.717) is 23.6 Å². The summed E-state index contributed by atoms with van der Waals surface area (Å²) >= 11 is 0. The van der Waals surface area contributed by atoms with E-state index in [1.807, 2.05) is 32.8 Å². The lowest BCUT2D eigenvalue weighted by Crippen LogP contribution is -2.37. The van der Waals surface area contributed by atoms with Gasteiger partial charge in [-0.15, -0.1) is 0 Å². The van der Waals surface area contributed by atoms with Gasteiger partial charge in [-0.05, 0) is 46.1 Å². The van der Waals surface area contributed by atoms with Gasteiger partial charge in [0, 0.05) is 11.3 Å². The van der Waals surface area contributed by atoms with Gasteiger partial charge in [0.1, 0.15) is 5.75 Å². The molecule has 0 spiro atoms. The molecular formula is C14H22N2O3. The Morgan fingerprint density at radius 1 is 1.47 bits per heavy atom. The summed E-state index contributed by atoms with van der Waals surface area (Å²) in [5, 5.41) is 12.1. The molecular weight excluding hydrogens is 244 g/mol. The van der Waals surface area contributed by atoms with E-state index in [-0.39, 0.29) is 18.6 Å². The third-order valence-corrected chi connectivity index (χ3v) is 2.95. The maximum Gasteiger partial charge on any atom is 0.241 e. The van der Waals surface area contributed by atoms with Crippen molar-refractivity contribution in [2.75, 3.05) is 26.0 Å². The molecule has 1 aromatic rings. The van der Waals surface area contributed by atoms with Crippen LogP contribution in [0.3, 0.4) is 0 Å². The Morgan fingerprint density at radius 2 is 2.16 bits per heavy atom. The first-order valence-electron chi connectivity index (χ1n) is 6.33. The maximum absolute atomic E-state index is 11.9. The molecule has 1 rings (SSSR count). The minimum atomic E-state index is -0.218. The summed E-state index contributed by atoms with van der Waals surface area (Å²) in [6.45, 7) is 4.13. The highest BCUT2D eigenvalue weighted by Gasteiger charge is 2.15. The van der Waals surface area contributed by atoms with Crippen LogP contribution >= 0.6 is 0 Å². The second-order valence-electron chi connectivity index (χ2n) is 4.54. The highest BCUT2D eigenvalue weighted by atomic mass is 16.5. The predicted molar refractivity (Wildman–Crippen MR) is 75.3 cm³/mol. The number of hydrogen-bond donors (Lipinski definition) is 2. The van der Waals surface area contributed by atoms with Crippen LogP contribution in [0.5, 0.6) is 5.75 Å². The number of hydrogen-bond acceptors (Lipinski definition) is 4. The van der Waals surface area contributed by atoms with E-state index in [9.17, 15) is 9.90 Å². The zero-order chi connectivity index (χ0) is 14.4. The minimum absolute atomic E-state index is 0.0851. The van der Waals surface area contributed by atoms with Crippen LogP contribution in [-0.4, -0.2) is 42.7 Å². The van der Waals surface area contributed by atoms with Crippen molar-refractivity contribution in [2.45, 2.75) is 26.5 Å². The molecule has 1 atom stereocenters. The van der Waals surface area contributed by atoms with Crippen molar-refractivity contribution >= 4 is 11.6 Å². The first-order chi connectivity index (χ1) is 8.99. The first kappa shape index (κ1) is 15.5. The summed E-state index contributed by atoms with van der Waals surface area (Å²) in [6, 6.07) is 5.03. The van der Waals surface area contributed by atoms with Crippen LogP contribution in [0, 0.1) is 0 Å². The molecule has 1 aromatic carbocycles. The number of carbonyl (C=O) groups excluding carboxylic acids is 1. The van der Waals surface area contributed by atoms with Crippen molar-refractivity contribution in [1.82, 2.24) is 4.90 Å². The Labute approximate surface area is 114 Å². The van der Waals surface area contributed by atoms with Gasteiger partial charge in [-0.3, -0.25) is 9.69 Å². The van der Waals surface area contributed by atoms with Crippen LogP contribution < -0.4 is 10.1 Å². The number of benzene rings is 1. The fourth-order valence-electron chi connectivity index (χ4n) is 1.56. The molecule has 106 valence electrons. The Balaban J connectivity index is 2.82. The van der Waals surface area contributed by atoms with Crippen LogP contribution in [0.2, 0.25) is 0 Å². The highest BCUT2D eigenvalue weighted by Crippen LogP contribution is 2.23. The molecule has 19 heavy (non-hydrogen) atoms. The standard InChI is InChI=1S/C14H22N2O3/c1-5-19-13-7-6-12(8-11(13)9-17)15-14(18)10(2)16(3)4/h6-8,10,17H,5,9H2,1-4H3,(H,15,18)/t10-/m0/s1. The van der Waals surface area contributed by atoms with Crippen LogP contribution in [0.15, 0.2) is 18.2 Å². The van der Waals surface area contributed by atoms with Gasteiger partial charge < -0.3 is 15.2 Å². The molecule has 0 unspecified atom stereocenters. The molecule has 0 radical (unpaired) electrons. The number of carbonyl (C=O) groups is 1. The fourth-order valence-corrected chi connectivity index (χ4v) is 1.56. The second-order valence-corrected chi connectivity index (χ2v) is 4.54. The van der Waals surface area contributed by atoms with Crippen molar-refractivity contribution in [1.29, 1.82) is 0 Å². The van der Waals surface area contributed by atoms with Crippen molar-refractivity contribution in [3.63, 3.8) is 0 Å². The number of nitrogens with one attached hydrogen (secondary N) is 1. The van der Waals surface area contributed by atoms with E-state index < -0.39 is 0 Å². The molecule has 5 nitrogen and oxygen atoms in total. The number of aliphatic hydroxyl groups is 1. The molecule has 0 aliphatic heterocycles. The minimum Gasteiger partial charge on any atom is -0.494 e. The largest absolute Gasteiger partial charge is 0.494 e. The van der Waals surface area contributed by atoms with Crippen LogP contribution in [-0.2, 0) is 11.4 Å². The van der Waals surface area contributed by atoms with Gasteiger partial charge in [0.25, 0.3) is 0 Å². The monoisotopic (exact) mass is 266 g/mol. The van der Waals surface area contributed by atoms with E-state index in [4.69, 9.17) is 4.74 Å². The van der Waals surface area contributed by atoms with Crippen LogP contribution in [0.25, 0.3) is 0 Å². The molecule has 0 aromatic heterocycles. The maximum atomic E-state index is 11.9. The summed E-state index contributed by atoms with van der Waals surface area (Å²) < 4.78 is 5.39. The Bertz CT molecular complexity index is 433. The van der Waals surface area contributed by atoms with E-state index >= 15 is 0 Å². The summed E-state index contributed by atoms with van der Waals surface area (Å²) in [5.74, 6) is 0.557. The Morgan fingerprint density at radius 3 is 2.68 bits per heavy atom. The van der Waals surface area contributed by atoms with E-state index in [2.05, 4.69) is 5.32 Å². The van der Waals surface area contributed by atoms with Crippen molar-refractivity contribution in [3.05, 3.63) is 23.8 Å². The van der Waals surface area contributed by atoms with E-state index in [1.54, 1.807) is 18.2 Å². The molecule has 0 saturated heterocycles. The smallest absolute Gasteiger partial charge is 0.241 e. The van der Waals surface area contributed by atoms with Gasteiger partial charge in [0.05, 0.1) is 19.3 Å². The Kier molecular flexibility index (Phi) is 5.79. The fraction of sp³-hybridized carbons (Fsp3) is 0.500. The molecule has 0 saturated carbocycles. The lowest BCUT2D eigenvalue weighted by Gasteiger charge is -2.19. The average molecular weight is 266 g/mol. The summed E-state index contributed by atoms with van der Waals surface area (Å²) in [6.07, 6.45) is 0. The number of anilines is 1. The molecule has 1 amide bonds. The van der Waals surface area contributed by atoms with Gasteiger partial charge in [-0.1, -0.05) is 0 Å². The zero-order valence-corrected chi connectivity index (χ0v) is 11.9. The summed E-state index contributed by atoms with van der Waals surface area (Å²) in [7, 11) is 3.70. The highest BCUT2D eigenvalue weighted by molar-refractivity contribution is 5.94. The van der Waals surface area contributed by atoms with Crippen molar-refractivity contribution in [3.8, 4) is 5.75 Å². The normalized spacial score (nSPS) is 12.3. The number of aliphatic hydroxyl groups excluding tert-OH is 1. The molecule has 0 aliphatic carbocycles. The van der Waals surface area contributed by atoms with Gasteiger partial charge in [-0.2, -0.15) is 0 Å². The van der Waals surface area contributed by atoms with E-state index in [0.717, 1.165) is 0 Å². The topological polar surface area (TPSA) is 61.8 Å². The van der Waals surface area contributed by atoms with E-state index in [1.165, 1.54) is 0 Å². The number of likely N-dealkylation sites (N-methyl/N-ethyl adjacent to an activating group) is 1. The quantitative estimate of drug-likeness (QED) is 0.818. The average Bonchev–Trinajstić information content (AvgIpc) is 2.39. The molecule has 0 bridgehead atoms. The second kappa shape index (κ2) is 7.11. The molecule has 2 N–H and O–H groups in total. The number of nitrogens with zero attached hydrogens (tertiary/aromatic N) is 1. The number of rotatable bonds is 6. The predicted octanol–water partition coefficient (Wildman–Crippen LogP) is 1.47. The lowest BCUT2D eigenvalue weighted by atomic mass is 10.1. The third-order valence-electron chi connectivity index (χ3n) is 2.95. The van der Waals surface area contributed by atoms with Gasteiger partial charge in [0.15, 0.2) is 0 Å². The van der Waals surface area contributed by atoms with Gasteiger partial charge in [-0.25, -0.2) is 0 Å². The number of amides is 1. The van der Waals surface area contributed by atoms with Crippen molar-refractivity contribution < 1.29 is 14.6 Å². The molecule has 5 heteroatoms. The van der Waals surface area contributed by atoms with Gasteiger partial charge in [0.2, 0.25) is 5.91 Å². The molecule has 0 heterocycles. The summed E-state index contributed by atoms with van der Waals surface area (Å²) in [4.78, 5) is 13.7. The SMILES string of the molecule is CCOc1ccc(NC(=O)[C@H](C)N(C)C)cc1CO. The molecule has 0 aliphatic rings. The van der Waals surface area contributed by atoms with Gasteiger partial charge >= 0.3 is 0 Å². The number of ether oxygens (including phenoxy) is 1. The molecule has 0 fully saturated rings. The third kappa shape index (κ3) is 4.22. The van der Waals surface area contributed by atoms with Crippen LogP contribution in [0.1, 0.15) is 19.4 Å². The first-order valence-corrected chi connectivity index (χ1v) is 6.33. The zero-order valence-electron chi connectivity index (χ0n) is 11.9. The summed E-state index contributed by atoms with van der Waals surface area (Å²) in [5.41, 5.74) is 1.32. The Hall–Kier alpha value is -1.59. The lowest BCUT2D eigenvalue weighted by molar-refractivity contribution is -0.119.